The molecule has 0 spiro atoms. The molecule has 2 N–H and O–H groups in total. The minimum Gasteiger partial charge on any atom is -0.494 e. The first kappa shape index (κ1) is 14.9. The van der Waals surface area contributed by atoms with Gasteiger partial charge in [0.2, 0.25) is 0 Å². The van der Waals surface area contributed by atoms with Crippen LogP contribution in [0.3, 0.4) is 0 Å². The number of nitrogens with zero attached hydrogens (tertiary/aromatic N) is 1. The second-order valence-corrected chi connectivity index (χ2v) is 5.45. The zero-order valence-electron chi connectivity index (χ0n) is 11.7. The summed E-state index contributed by atoms with van der Waals surface area (Å²) in [5, 5.41) is 0. The predicted octanol–water partition coefficient (Wildman–Crippen LogP) is 2.05. The maximum atomic E-state index is 13.5. The van der Waals surface area contributed by atoms with Gasteiger partial charge in [0.1, 0.15) is 0 Å². The summed E-state index contributed by atoms with van der Waals surface area (Å²) in [5.74, 6) is -0.0213. The second kappa shape index (κ2) is 6.16. The molecule has 0 heterocycles. The molecule has 0 aromatic heterocycles. The Bertz CT molecular complexity index is 388. The molecule has 0 aliphatic heterocycles. The average Bonchev–Trinajstić information content (AvgIpc) is 2.24. The molecule has 0 atom stereocenters. The van der Waals surface area contributed by atoms with Gasteiger partial charge in [-0.1, -0.05) is 6.07 Å². The van der Waals surface area contributed by atoms with Gasteiger partial charge < -0.3 is 15.4 Å². The lowest BCUT2D eigenvalue weighted by molar-refractivity contribution is 0.273. The van der Waals surface area contributed by atoms with Gasteiger partial charge in [-0.05, 0) is 45.0 Å². The van der Waals surface area contributed by atoms with E-state index in [0.717, 1.165) is 25.1 Å². The van der Waals surface area contributed by atoms with E-state index >= 15 is 0 Å². The normalized spacial score (nSPS) is 11.9. The highest BCUT2D eigenvalue weighted by Gasteiger charge is 2.13. The van der Waals surface area contributed by atoms with Crippen LogP contribution in [0.25, 0.3) is 0 Å². The quantitative estimate of drug-likeness (QED) is 0.844. The minimum atomic E-state index is -0.309. The van der Waals surface area contributed by atoms with E-state index in [1.807, 2.05) is 27.0 Å². The molecular weight excluding hydrogens is 231 g/mol. The summed E-state index contributed by atoms with van der Waals surface area (Å²) >= 11 is 0. The van der Waals surface area contributed by atoms with Crippen molar-refractivity contribution in [2.75, 3.05) is 27.2 Å². The van der Waals surface area contributed by atoms with Crippen molar-refractivity contribution in [2.24, 2.45) is 5.73 Å². The van der Waals surface area contributed by atoms with E-state index in [1.54, 1.807) is 6.07 Å². The fourth-order valence-electron chi connectivity index (χ4n) is 1.96. The highest BCUT2D eigenvalue weighted by atomic mass is 19.1. The third-order valence-corrected chi connectivity index (χ3v) is 2.68. The lowest BCUT2D eigenvalue weighted by atomic mass is 10.1. The SMILES string of the molecule is COc1ccc(CCN(C)CC(C)(C)N)cc1F. The summed E-state index contributed by atoms with van der Waals surface area (Å²) in [7, 11) is 3.49. The van der Waals surface area contributed by atoms with E-state index in [0.29, 0.717) is 0 Å². The van der Waals surface area contributed by atoms with Crippen molar-refractivity contribution < 1.29 is 9.13 Å². The molecule has 102 valence electrons. The van der Waals surface area contributed by atoms with Gasteiger partial charge in [0.15, 0.2) is 11.6 Å². The third-order valence-electron chi connectivity index (χ3n) is 2.68. The van der Waals surface area contributed by atoms with Crippen LogP contribution in [0.2, 0.25) is 0 Å². The smallest absolute Gasteiger partial charge is 0.165 e. The summed E-state index contributed by atoms with van der Waals surface area (Å²) in [5.41, 5.74) is 6.71. The van der Waals surface area contributed by atoms with Gasteiger partial charge in [-0.25, -0.2) is 4.39 Å². The number of methoxy groups -OCH3 is 1. The first-order chi connectivity index (χ1) is 8.31. The molecule has 0 amide bonds. The Morgan fingerprint density at radius 1 is 1.39 bits per heavy atom. The fraction of sp³-hybridized carbons (Fsp3) is 0.571. The molecular formula is C14H23FN2O. The summed E-state index contributed by atoms with van der Waals surface area (Å²) in [4.78, 5) is 2.15. The molecule has 0 fully saturated rings. The fourth-order valence-corrected chi connectivity index (χ4v) is 1.96. The van der Waals surface area contributed by atoms with Crippen LogP contribution in [0.1, 0.15) is 19.4 Å². The van der Waals surface area contributed by atoms with Gasteiger partial charge in [-0.2, -0.15) is 0 Å². The third kappa shape index (κ3) is 5.02. The topological polar surface area (TPSA) is 38.5 Å². The summed E-state index contributed by atoms with van der Waals surface area (Å²) < 4.78 is 18.4. The number of likely N-dealkylation sites (N-methyl/N-ethyl adjacent to an activating group) is 1. The van der Waals surface area contributed by atoms with E-state index in [1.165, 1.54) is 13.2 Å². The molecule has 0 aliphatic carbocycles. The largest absolute Gasteiger partial charge is 0.494 e. The maximum absolute atomic E-state index is 13.5. The van der Waals surface area contributed by atoms with Crippen LogP contribution < -0.4 is 10.5 Å². The molecule has 0 saturated carbocycles. The first-order valence-electron chi connectivity index (χ1n) is 6.11. The number of hydrogen-bond donors (Lipinski definition) is 1. The van der Waals surface area contributed by atoms with Crippen molar-refractivity contribution in [3.8, 4) is 5.75 Å². The van der Waals surface area contributed by atoms with Crippen LogP contribution in [-0.2, 0) is 6.42 Å². The van der Waals surface area contributed by atoms with E-state index in [-0.39, 0.29) is 17.1 Å². The van der Waals surface area contributed by atoms with E-state index in [9.17, 15) is 4.39 Å². The molecule has 0 bridgehead atoms. The number of ether oxygens (including phenoxy) is 1. The van der Waals surface area contributed by atoms with Gasteiger partial charge in [-0.3, -0.25) is 0 Å². The number of benzene rings is 1. The lowest BCUT2D eigenvalue weighted by Crippen LogP contribution is -2.44. The molecule has 0 radical (unpaired) electrons. The van der Waals surface area contributed by atoms with Gasteiger partial charge >= 0.3 is 0 Å². The van der Waals surface area contributed by atoms with Crippen LogP contribution >= 0.6 is 0 Å². The molecule has 3 nitrogen and oxygen atoms in total. The number of nitrogens with two attached hydrogens (primary N) is 1. The molecule has 0 saturated heterocycles. The van der Waals surface area contributed by atoms with Crippen LogP contribution in [0.15, 0.2) is 18.2 Å². The lowest BCUT2D eigenvalue weighted by Gasteiger charge is -2.26. The molecule has 1 aromatic carbocycles. The predicted molar refractivity (Wildman–Crippen MR) is 72.4 cm³/mol. The van der Waals surface area contributed by atoms with Gasteiger partial charge in [0, 0.05) is 18.6 Å². The molecule has 0 aliphatic rings. The average molecular weight is 254 g/mol. The number of hydrogen-bond acceptors (Lipinski definition) is 3. The van der Waals surface area contributed by atoms with Crippen molar-refractivity contribution in [2.45, 2.75) is 25.8 Å². The van der Waals surface area contributed by atoms with Crippen LogP contribution in [-0.4, -0.2) is 37.7 Å². The van der Waals surface area contributed by atoms with Crippen LogP contribution in [0.4, 0.5) is 4.39 Å². The van der Waals surface area contributed by atoms with E-state index in [2.05, 4.69) is 4.90 Å². The molecule has 1 aromatic rings. The summed E-state index contributed by atoms with van der Waals surface area (Å²) in [6.45, 7) is 5.66. The zero-order valence-corrected chi connectivity index (χ0v) is 11.7. The molecule has 1 rings (SSSR count). The van der Waals surface area contributed by atoms with Gasteiger partial charge in [0.05, 0.1) is 7.11 Å². The van der Waals surface area contributed by atoms with E-state index in [4.69, 9.17) is 10.5 Å². The second-order valence-electron chi connectivity index (χ2n) is 5.45. The van der Waals surface area contributed by atoms with Gasteiger partial charge in [0.25, 0.3) is 0 Å². The monoisotopic (exact) mass is 254 g/mol. The summed E-state index contributed by atoms with van der Waals surface area (Å²) in [6.07, 6.45) is 0.799. The van der Waals surface area contributed by atoms with Crippen molar-refractivity contribution in [3.05, 3.63) is 29.6 Å². The number of halogens is 1. The molecule has 18 heavy (non-hydrogen) atoms. The zero-order chi connectivity index (χ0) is 13.8. The van der Waals surface area contributed by atoms with Crippen LogP contribution in [0.5, 0.6) is 5.75 Å². The number of rotatable bonds is 6. The Labute approximate surface area is 109 Å². The van der Waals surface area contributed by atoms with Crippen molar-refractivity contribution >= 4 is 0 Å². The highest BCUT2D eigenvalue weighted by molar-refractivity contribution is 5.29. The Morgan fingerprint density at radius 3 is 2.56 bits per heavy atom. The molecule has 4 heteroatoms. The Balaban J connectivity index is 2.51. The van der Waals surface area contributed by atoms with Gasteiger partial charge in [-0.15, -0.1) is 0 Å². The minimum absolute atomic E-state index is 0.208. The van der Waals surface area contributed by atoms with Crippen molar-refractivity contribution in [1.82, 2.24) is 4.90 Å². The standard InChI is InChI=1S/C14H23FN2O/c1-14(2,16)10-17(3)8-7-11-5-6-13(18-4)12(15)9-11/h5-6,9H,7-8,10,16H2,1-4H3. The molecule has 0 unspecified atom stereocenters. The first-order valence-corrected chi connectivity index (χ1v) is 6.11. The van der Waals surface area contributed by atoms with Crippen LogP contribution in [0, 0.1) is 5.82 Å². The summed E-state index contributed by atoms with van der Waals surface area (Å²) in [6, 6.07) is 5.08. The highest BCUT2D eigenvalue weighted by Crippen LogP contribution is 2.18. The van der Waals surface area contributed by atoms with E-state index < -0.39 is 0 Å². The Morgan fingerprint density at radius 2 is 2.06 bits per heavy atom. The van der Waals surface area contributed by atoms with Crippen molar-refractivity contribution in [1.29, 1.82) is 0 Å². The Hall–Kier alpha value is -1.13. The van der Waals surface area contributed by atoms with Crippen molar-refractivity contribution in [3.63, 3.8) is 0 Å². The Kier molecular flexibility index (Phi) is 5.11. The maximum Gasteiger partial charge on any atom is 0.165 e.